The van der Waals surface area contributed by atoms with E-state index in [1.54, 1.807) is 37.7 Å². The highest BCUT2D eigenvalue weighted by Gasteiger charge is 2.30. The Balaban J connectivity index is 1.96. The SMILES string of the molecule is COc1nccnc1NC1CCN(S(=O)(=O)C(C)C)CC1. The van der Waals surface area contributed by atoms with Gasteiger partial charge in [0.2, 0.25) is 10.0 Å². The second kappa shape index (κ2) is 6.57. The molecule has 2 heterocycles. The summed E-state index contributed by atoms with van der Waals surface area (Å²) in [6.07, 6.45) is 4.66. The van der Waals surface area contributed by atoms with Crippen molar-refractivity contribution in [2.45, 2.75) is 38.0 Å². The lowest BCUT2D eigenvalue weighted by atomic mass is 10.1. The van der Waals surface area contributed by atoms with Crippen LogP contribution in [0.5, 0.6) is 5.88 Å². The van der Waals surface area contributed by atoms with Crippen molar-refractivity contribution in [3.8, 4) is 5.88 Å². The quantitative estimate of drug-likeness (QED) is 0.876. The summed E-state index contributed by atoms with van der Waals surface area (Å²) in [6.45, 7) is 4.48. The smallest absolute Gasteiger partial charge is 0.257 e. The van der Waals surface area contributed by atoms with Crippen LogP contribution < -0.4 is 10.1 Å². The van der Waals surface area contributed by atoms with Gasteiger partial charge in [0.05, 0.1) is 12.4 Å². The van der Waals surface area contributed by atoms with Gasteiger partial charge in [0.25, 0.3) is 5.88 Å². The molecular formula is C13H22N4O3S. The Bertz CT molecular complexity index is 569. The van der Waals surface area contributed by atoms with E-state index in [0.29, 0.717) is 24.8 Å². The van der Waals surface area contributed by atoms with Gasteiger partial charge in [0.1, 0.15) is 0 Å². The fourth-order valence-corrected chi connectivity index (χ4v) is 3.64. The maximum atomic E-state index is 12.1. The lowest BCUT2D eigenvalue weighted by Crippen LogP contribution is -2.44. The number of ether oxygens (including phenoxy) is 1. The van der Waals surface area contributed by atoms with Crippen molar-refractivity contribution in [3.05, 3.63) is 12.4 Å². The van der Waals surface area contributed by atoms with E-state index in [-0.39, 0.29) is 11.3 Å². The van der Waals surface area contributed by atoms with Crippen LogP contribution in [0, 0.1) is 0 Å². The van der Waals surface area contributed by atoms with E-state index in [1.807, 2.05) is 0 Å². The molecule has 0 unspecified atom stereocenters. The molecule has 8 heteroatoms. The number of aromatic nitrogens is 2. The lowest BCUT2D eigenvalue weighted by molar-refractivity contribution is 0.325. The molecule has 1 N–H and O–H groups in total. The van der Waals surface area contributed by atoms with Gasteiger partial charge in [-0.1, -0.05) is 0 Å². The van der Waals surface area contributed by atoms with Crippen LogP contribution >= 0.6 is 0 Å². The predicted octanol–water partition coefficient (Wildman–Crippen LogP) is 1.10. The Kier molecular flexibility index (Phi) is 5.00. The Morgan fingerprint density at radius 3 is 2.48 bits per heavy atom. The van der Waals surface area contributed by atoms with Crippen molar-refractivity contribution in [1.29, 1.82) is 0 Å². The zero-order chi connectivity index (χ0) is 15.5. The minimum atomic E-state index is -3.16. The number of nitrogens with one attached hydrogen (secondary N) is 1. The maximum absolute atomic E-state index is 12.1. The van der Waals surface area contributed by atoms with Crippen LogP contribution in [-0.2, 0) is 10.0 Å². The highest BCUT2D eigenvalue weighted by Crippen LogP contribution is 2.23. The molecule has 1 fully saturated rings. The molecule has 1 aromatic heterocycles. The Morgan fingerprint density at radius 1 is 1.29 bits per heavy atom. The summed E-state index contributed by atoms with van der Waals surface area (Å²) in [7, 11) is -1.61. The third-order valence-corrected chi connectivity index (χ3v) is 5.88. The van der Waals surface area contributed by atoms with Gasteiger partial charge >= 0.3 is 0 Å². The summed E-state index contributed by atoms with van der Waals surface area (Å²) in [6, 6.07) is 0.175. The van der Waals surface area contributed by atoms with Gasteiger partial charge in [-0.15, -0.1) is 0 Å². The van der Waals surface area contributed by atoms with Gasteiger partial charge in [-0.25, -0.2) is 22.7 Å². The van der Waals surface area contributed by atoms with Crippen LogP contribution in [0.25, 0.3) is 0 Å². The molecule has 0 atom stereocenters. The van der Waals surface area contributed by atoms with Crippen molar-refractivity contribution < 1.29 is 13.2 Å². The number of anilines is 1. The standard InChI is InChI=1S/C13H22N4O3S/c1-10(2)21(18,19)17-8-4-11(5-9-17)16-12-13(20-3)15-7-6-14-12/h6-7,10-11H,4-5,8-9H2,1-3H3,(H,14,16). The highest BCUT2D eigenvalue weighted by molar-refractivity contribution is 7.89. The molecule has 21 heavy (non-hydrogen) atoms. The third kappa shape index (κ3) is 3.62. The second-order valence-electron chi connectivity index (χ2n) is 5.33. The largest absolute Gasteiger partial charge is 0.478 e. The van der Waals surface area contributed by atoms with E-state index in [2.05, 4.69) is 15.3 Å². The monoisotopic (exact) mass is 314 g/mol. The summed E-state index contributed by atoms with van der Waals surface area (Å²) in [5.74, 6) is 1.06. The van der Waals surface area contributed by atoms with Crippen LogP contribution in [-0.4, -0.2) is 54.2 Å². The van der Waals surface area contributed by atoms with Crippen molar-refractivity contribution in [3.63, 3.8) is 0 Å². The molecule has 0 spiro atoms. The molecule has 1 saturated heterocycles. The van der Waals surface area contributed by atoms with Gasteiger partial charge < -0.3 is 10.1 Å². The lowest BCUT2D eigenvalue weighted by Gasteiger charge is -2.32. The van der Waals surface area contributed by atoms with Crippen molar-refractivity contribution in [2.24, 2.45) is 0 Å². The van der Waals surface area contributed by atoms with Crippen LogP contribution in [0.15, 0.2) is 12.4 Å². The van der Waals surface area contributed by atoms with Crippen LogP contribution in [0.4, 0.5) is 5.82 Å². The van der Waals surface area contributed by atoms with E-state index in [4.69, 9.17) is 4.74 Å². The number of piperidine rings is 1. The van der Waals surface area contributed by atoms with E-state index in [9.17, 15) is 8.42 Å². The van der Waals surface area contributed by atoms with Crippen molar-refractivity contribution in [2.75, 3.05) is 25.5 Å². The average Bonchev–Trinajstić information content (AvgIpc) is 2.48. The normalized spacial score (nSPS) is 17.9. The zero-order valence-electron chi connectivity index (χ0n) is 12.6. The first-order valence-electron chi connectivity index (χ1n) is 7.05. The fraction of sp³-hybridized carbons (Fsp3) is 0.692. The molecule has 118 valence electrons. The molecule has 0 saturated carbocycles. The second-order valence-corrected chi connectivity index (χ2v) is 7.81. The van der Waals surface area contributed by atoms with E-state index in [1.165, 1.54) is 0 Å². The third-order valence-electron chi connectivity index (χ3n) is 3.61. The van der Waals surface area contributed by atoms with Gasteiger partial charge in [-0.05, 0) is 26.7 Å². The van der Waals surface area contributed by atoms with Gasteiger partial charge in [-0.2, -0.15) is 0 Å². The Labute approximate surface area is 125 Å². The molecule has 1 aliphatic heterocycles. The van der Waals surface area contributed by atoms with E-state index in [0.717, 1.165) is 12.8 Å². The van der Waals surface area contributed by atoms with Gasteiger partial charge in [0.15, 0.2) is 5.82 Å². The first kappa shape index (κ1) is 16.0. The molecule has 0 aromatic carbocycles. The van der Waals surface area contributed by atoms with Crippen LogP contribution in [0.1, 0.15) is 26.7 Å². The number of rotatable bonds is 5. The minimum absolute atomic E-state index is 0.175. The summed E-state index contributed by atoms with van der Waals surface area (Å²) < 4.78 is 31.0. The summed E-state index contributed by atoms with van der Waals surface area (Å²) in [5, 5.41) is 2.91. The minimum Gasteiger partial charge on any atom is -0.478 e. The molecule has 7 nitrogen and oxygen atoms in total. The number of hydrogen-bond donors (Lipinski definition) is 1. The topological polar surface area (TPSA) is 84.4 Å². The van der Waals surface area contributed by atoms with Crippen LogP contribution in [0.2, 0.25) is 0 Å². The molecule has 0 aliphatic carbocycles. The first-order chi connectivity index (χ1) is 9.95. The summed E-state index contributed by atoms with van der Waals surface area (Å²) in [4.78, 5) is 8.30. The average molecular weight is 314 g/mol. The highest BCUT2D eigenvalue weighted by atomic mass is 32.2. The summed E-state index contributed by atoms with van der Waals surface area (Å²) >= 11 is 0. The number of sulfonamides is 1. The van der Waals surface area contributed by atoms with Gasteiger partial charge in [0, 0.05) is 31.5 Å². The molecular weight excluding hydrogens is 292 g/mol. The molecule has 0 amide bonds. The fourth-order valence-electron chi connectivity index (χ4n) is 2.32. The molecule has 2 rings (SSSR count). The Hall–Kier alpha value is -1.41. The zero-order valence-corrected chi connectivity index (χ0v) is 13.4. The predicted molar refractivity (Wildman–Crippen MR) is 80.9 cm³/mol. The Morgan fingerprint density at radius 2 is 1.90 bits per heavy atom. The van der Waals surface area contributed by atoms with E-state index >= 15 is 0 Å². The maximum Gasteiger partial charge on any atom is 0.257 e. The van der Waals surface area contributed by atoms with Crippen molar-refractivity contribution >= 4 is 15.8 Å². The molecule has 1 aliphatic rings. The van der Waals surface area contributed by atoms with Crippen LogP contribution in [0.3, 0.4) is 0 Å². The molecule has 0 radical (unpaired) electrons. The van der Waals surface area contributed by atoms with Gasteiger partial charge in [-0.3, -0.25) is 0 Å². The number of hydrogen-bond acceptors (Lipinski definition) is 6. The molecule has 0 bridgehead atoms. The summed E-state index contributed by atoms with van der Waals surface area (Å²) in [5.41, 5.74) is 0. The number of methoxy groups -OCH3 is 1. The molecule has 1 aromatic rings. The van der Waals surface area contributed by atoms with Crippen molar-refractivity contribution in [1.82, 2.24) is 14.3 Å². The first-order valence-corrected chi connectivity index (χ1v) is 8.56. The van der Waals surface area contributed by atoms with E-state index < -0.39 is 10.0 Å². The number of nitrogens with zero attached hydrogens (tertiary/aromatic N) is 3.